The largest absolute Gasteiger partial charge is 0.462 e. The number of carbonyl (C=O) groups is 2. The second-order valence-electron chi connectivity index (χ2n) is 4.10. The Labute approximate surface area is 90.5 Å². The first-order valence-electron chi connectivity index (χ1n) is 5.44. The first kappa shape index (κ1) is 12.0. The monoisotopic (exact) mass is 210 g/mol. The Hall–Kier alpha value is -1.12. The molecule has 2 atom stereocenters. The fraction of sp³-hybridized carbons (Fsp3) is 0.667. The van der Waals surface area contributed by atoms with Crippen LogP contribution in [0, 0.1) is 11.8 Å². The Morgan fingerprint density at radius 1 is 1.40 bits per heavy atom. The highest BCUT2D eigenvalue weighted by molar-refractivity contribution is 5.81. The van der Waals surface area contributed by atoms with Crippen LogP contribution >= 0.6 is 0 Å². The molecule has 1 fully saturated rings. The maximum absolute atomic E-state index is 11.4. The minimum Gasteiger partial charge on any atom is -0.462 e. The molecule has 0 spiro atoms. The summed E-state index contributed by atoms with van der Waals surface area (Å²) in [7, 11) is 0. The molecule has 1 rings (SSSR count). The van der Waals surface area contributed by atoms with Gasteiger partial charge in [0.15, 0.2) is 0 Å². The van der Waals surface area contributed by atoms with Crippen LogP contribution < -0.4 is 0 Å². The van der Waals surface area contributed by atoms with Crippen molar-refractivity contribution in [2.24, 2.45) is 11.8 Å². The zero-order valence-corrected chi connectivity index (χ0v) is 9.20. The molecule has 0 heterocycles. The summed E-state index contributed by atoms with van der Waals surface area (Å²) in [6.45, 7) is 5.32. The van der Waals surface area contributed by atoms with Gasteiger partial charge >= 0.3 is 5.97 Å². The van der Waals surface area contributed by atoms with Gasteiger partial charge < -0.3 is 4.74 Å². The van der Waals surface area contributed by atoms with Crippen LogP contribution in [0.5, 0.6) is 0 Å². The Bertz CT molecular complexity index is 258. The average Bonchev–Trinajstić information content (AvgIpc) is 2.26. The van der Waals surface area contributed by atoms with Crippen LogP contribution in [0.1, 0.15) is 32.6 Å². The van der Waals surface area contributed by atoms with Gasteiger partial charge in [-0.1, -0.05) is 19.4 Å². The van der Waals surface area contributed by atoms with Gasteiger partial charge in [0.2, 0.25) is 0 Å². The lowest BCUT2D eigenvalue weighted by atomic mass is 9.78. The molecule has 0 bridgehead atoms. The summed E-state index contributed by atoms with van der Waals surface area (Å²) >= 11 is 0. The predicted octanol–water partition coefficient (Wildman–Crippen LogP) is 2.11. The SMILES string of the molecule is C=CC(=O)OCC1CCCCC1C(C)=O. The number of esters is 1. The average molecular weight is 210 g/mol. The predicted molar refractivity (Wildman–Crippen MR) is 57.3 cm³/mol. The number of ketones is 1. The van der Waals surface area contributed by atoms with Gasteiger partial charge in [0, 0.05) is 17.9 Å². The molecule has 0 radical (unpaired) electrons. The van der Waals surface area contributed by atoms with Crippen molar-refractivity contribution in [2.75, 3.05) is 6.61 Å². The number of ether oxygens (including phenoxy) is 1. The highest BCUT2D eigenvalue weighted by atomic mass is 16.5. The van der Waals surface area contributed by atoms with Crippen molar-refractivity contribution in [1.29, 1.82) is 0 Å². The topological polar surface area (TPSA) is 43.4 Å². The van der Waals surface area contributed by atoms with Crippen LogP contribution in [0.25, 0.3) is 0 Å². The molecule has 3 heteroatoms. The standard InChI is InChI=1S/C12H18O3/c1-3-12(14)15-8-10-6-4-5-7-11(10)9(2)13/h3,10-11H,1,4-8H2,2H3. The van der Waals surface area contributed by atoms with E-state index in [1.807, 2.05) is 0 Å². The highest BCUT2D eigenvalue weighted by Crippen LogP contribution is 2.30. The number of hydrogen-bond acceptors (Lipinski definition) is 3. The van der Waals surface area contributed by atoms with Crippen molar-refractivity contribution in [3.05, 3.63) is 12.7 Å². The Morgan fingerprint density at radius 2 is 2.07 bits per heavy atom. The summed E-state index contributed by atoms with van der Waals surface area (Å²) in [5.74, 6) is 0.105. The third kappa shape index (κ3) is 3.50. The van der Waals surface area contributed by atoms with E-state index in [0.717, 1.165) is 31.8 Å². The molecule has 2 unspecified atom stereocenters. The van der Waals surface area contributed by atoms with Crippen molar-refractivity contribution in [3.8, 4) is 0 Å². The van der Waals surface area contributed by atoms with Crippen LogP contribution in [0.2, 0.25) is 0 Å². The van der Waals surface area contributed by atoms with Crippen LogP contribution in [-0.4, -0.2) is 18.4 Å². The van der Waals surface area contributed by atoms with E-state index >= 15 is 0 Å². The molecule has 0 saturated heterocycles. The van der Waals surface area contributed by atoms with Crippen molar-refractivity contribution in [3.63, 3.8) is 0 Å². The minimum atomic E-state index is -0.400. The van der Waals surface area contributed by atoms with E-state index in [1.165, 1.54) is 0 Å². The van der Waals surface area contributed by atoms with Crippen LogP contribution in [0.4, 0.5) is 0 Å². The first-order chi connectivity index (χ1) is 7.15. The highest BCUT2D eigenvalue weighted by Gasteiger charge is 2.29. The zero-order valence-electron chi connectivity index (χ0n) is 9.20. The Kier molecular flexibility index (Phi) is 4.53. The second kappa shape index (κ2) is 5.69. The van der Waals surface area contributed by atoms with Gasteiger partial charge in [0.25, 0.3) is 0 Å². The molecule has 84 valence electrons. The summed E-state index contributed by atoms with van der Waals surface area (Å²) in [5.41, 5.74) is 0. The zero-order chi connectivity index (χ0) is 11.3. The normalized spacial score (nSPS) is 25.7. The van der Waals surface area contributed by atoms with E-state index in [2.05, 4.69) is 6.58 Å². The molecule has 0 N–H and O–H groups in total. The van der Waals surface area contributed by atoms with Crippen LogP contribution in [0.3, 0.4) is 0 Å². The molecular weight excluding hydrogens is 192 g/mol. The van der Waals surface area contributed by atoms with Crippen molar-refractivity contribution in [1.82, 2.24) is 0 Å². The third-order valence-corrected chi connectivity index (χ3v) is 3.04. The van der Waals surface area contributed by atoms with Gasteiger partial charge in [-0.3, -0.25) is 4.79 Å². The summed E-state index contributed by atoms with van der Waals surface area (Å²) in [6, 6.07) is 0. The fourth-order valence-electron chi connectivity index (χ4n) is 2.19. The number of Topliss-reactive ketones (excluding diaryl/α,β-unsaturated/α-hetero) is 1. The smallest absolute Gasteiger partial charge is 0.330 e. The lowest BCUT2D eigenvalue weighted by Gasteiger charge is -2.28. The van der Waals surface area contributed by atoms with Crippen molar-refractivity contribution < 1.29 is 14.3 Å². The molecule has 0 aromatic heterocycles. The summed E-state index contributed by atoms with van der Waals surface area (Å²) < 4.78 is 5.00. The van der Waals surface area contributed by atoms with E-state index < -0.39 is 5.97 Å². The van der Waals surface area contributed by atoms with Crippen LogP contribution in [0.15, 0.2) is 12.7 Å². The molecule has 0 aromatic carbocycles. The lowest BCUT2D eigenvalue weighted by molar-refractivity contribution is -0.141. The number of carbonyl (C=O) groups excluding carboxylic acids is 2. The Morgan fingerprint density at radius 3 is 2.67 bits per heavy atom. The molecule has 0 aromatic rings. The quantitative estimate of drug-likeness (QED) is 0.527. The van der Waals surface area contributed by atoms with Gasteiger partial charge in [-0.2, -0.15) is 0 Å². The van der Waals surface area contributed by atoms with E-state index in [9.17, 15) is 9.59 Å². The fourth-order valence-corrected chi connectivity index (χ4v) is 2.19. The van der Waals surface area contributed by atoms with E-state index in [1.54, 1.807) is 6.92 Å². The maximum atomic E-state index is 11.4. The Balaban J connectivity index is 2.46. The molecule has 3 nitrogen and oxygen atoms in total. The molecule has 1 aliphatic carbocycles. The molecule has 15 heavy (non-hydrogen) atoms. The lowest BCUT2D eigenvalue weighted by Crippen LogP contribution is -2.29. The molecule has 0 aliphatic heterocycles. The van der Waals surface area contributed by atoms with E-state index in [0.29, 0.717) is 6.61 Å². The van der Waals surface area contributed by atoms with Gasteiger partial charge in [0.05, 0.1) is 6.61 Å². The summed E-state index contributed by atoms with van der Waals surface area (Å²) in [4.78, 5) is 22.3. The molecule has 1 aliphatic rings. The first-order valence-corrected chi connectivity index (χ1v) is 5.44. The molecular formula is C12H18O3. The summed E-state index contributed by atoms with van der Waals surface area (Å²) in [6.07, 6.45) is 5.31. The van der Waals surface area contributed by atoms with Gasteiger partial charge in [-0.05, 0) is 19.8 Å². The van der Waals surface area contributed by atoms with Crippen molar-refractivity contribution >= 4 is 11.8 Å². The minimum absolute atomic E-state index is 0.0800. The van der Waals surface area contributed by atoms with Gasteiger partial charge in [-0.15, -0.1) is 0 Å². The summed E-state index contributed by atoms with van der Waals surface area (Å²) in [5, 5.41) is 0. The molecule has 0 amide bonds. The number of hydrogen-bond donors (Lipinski definition) is 0. The number of rotatable bonds is 4. The molecule has 1 saturated carbocycles. The maximum Gasteiger partial charge on any atom is 0.330 e. The van der Waals surface area contributed by atoms with E-state index in [4.69, 9.17) is 4.74 Å². The van der Waals surface area contributed by atoms with Gasteiger partial charge in [-0.25, -0.2) is 4.79 Å². The third-order valence-electron chi connectivity index (χ3n) is 3.04. The van der Waals surface area contributed by atoms with Crippen LogP contribution in [-0.2, 0) is 14.3 Å². The second-order valence-corrected chi connectivity index (χ2v) is 4.10. The van der Waals surface area contributed by atoms with Gasteiger partial charge in [0.1, 0.15) is 5.78 Å². The van der Waals surface area contributed by atoms with Crippen molar-refractivity contribution in [2.45, 2.75) is 32.6 Å². The van der Waals surface area contributed by atoms with E-state index in [-0.39, 0.29) is 17.6 Å².